The molecule has 0 bridgehead atoms. The lowest BCUT2D eigenvalue weighted by Crippen LogP contribution is -2.35. The molecule has 6 N–H and O–H groups in total. The van der Waals surface area contributed by atoms with Crippen molar-refractivity contribution in [2.75, 3.05) is 17.7 Å². The number of benzene rings is 1. The molecule has 0 saturated carbocycles. The Morgan fingerprint density at radius 3 is 2.92 bits per heavy atom. The Labute approximate surface area is 137 Å². The number of nitrogens with zero attached hydrogens (tertiary/aromatic N) is 2. The summed E-state index contributed by atoms with van der Waals surface area (Å²) in [7, 11) is 1.45. The largest absolute Gasteiger partial charge is 0.494 e. The van der Waals surface area contributed by atoms with Gasteiger partial charge in [0.25, 0.3) is 0 Å². The number of ether oxygens (including phenoxy) is 1. The summed E-state index contributed by atoms with van der Waals surface area (Å²) in [5.74, 6) is 0.371. The summed E-state index contributed by atoms with van der Waals surface area (Å²) in [4.78, 5) is 28.7. The Kier molecular flexibility index (Phi) is 3.93. The predicted octanol–water partition coefficient (Wildman–Crippen LogP) is 0.852. The van der Waals surface area contributed by atoms with Gasteiger partial charge in [-0.25, -0.2) is 19.5 Å². The third-order valence-electron chi connectivity index (χ3n) is 3.27. The van der Waals surface area contributed by atoms with E-state index >= 15 is 0 Å². The first-order valence-electron chi connectivity index (χ1n) is 6.89. The average Bonchev–Trinajstić information content (AvgIpc) is 3.04. The number of carbonyl (C=O) groups excluding carboxylic acids is 2. The number of hydrogen-bond donors (Lipinski definition) is 5. The molecule has 10 heteroatoms. The molecule has 1 aromatic rings. The van der Waals surface area contributed by atoms with Crippen LogP contribution in [0.1, 0.15) is 0 Å². The Balaban J connectivity index is 1.78. The van der Waals surface area contributed by atoms with Crippen LogP contribution >= 0.6 is 0 Å². The minimum atomic E-state index is -0.689. The van der Waals surface area contributed by atoms with E-state index in [1.807, 2.05) is 0 Å². The minimum Gasteiger partial charge on any atom is -0.494 e. The number of nitrogens with two attached hydrogens (primary N) is 1. The summed E-state index contributed by atoms with van der Waals surface area (Å²) in [6.07, 6.45) is 4.64. The SMILES string of the molecule is COc1cc(NC(N)=O)ccc1NC(=O)N1C=NC=C2NNC=C21. The van der Waals surface area contributed by atoms with Crippen molar-refractivity contribution in [1.29, 1.82) is 0 Å². The van der Waals surface area contributed by atoms with Gasteiger partial charge < -0.3 is 26.5 Å². The van der Waals surface area contributed by atoms with Crippen LogP contribution in [0.4, 0.5) is 21.0 Å². The third kappa shape index (κ3) is 2.92. The van der Waals surface area contributed by atoms with E-state index in [0.717, 1.165) is 0 Å². The topological polar surface area (TPSA) is 133 Å². The van der Waals surface area contributed by atoms with Crippen LogP contribution in [0.15, 0.2) is 47.0 Å². The molecule has 0 saturated heterocycles. The summed E-state index contributed by atoms with van der Waals surface area (Å²) >= 11 is 0. The van der Waals surface area contributed by atoms with Gasteiger partial charge in [-0.3, -0.25) is 5.43 Å². The van der Waals surface area contributed by atoms with Crippen LogP contribution in [-0.2, 0) is 0 Å². The normalized spacial score (nSPS) is 14.6. The fraction of sp³-hybridized carbons (Fsp3) is 0.0714. The lowest BCUT2D eigenvalue weighted by Gasteiger charge is -2.22. The van der Waals surface area contributed by atoms with Crippen molar-refractivity contribution in [2.45, 2.75) is 0 Å². The zero-order valence-electron chi connectivity index (χ0n) is 12.7. The lowest BCUT2D eigenvalue weighted by atomic mass is 10.2. The number of nitrogens with one attached hydrogen (secondary N) is 4. The second kappa shape index (κ2) is 6.20. The van der Waals surface area contributed by atoms with Crippen LogP contribution in [0.2, 0.25) is 0 Å². The van der Waals surface area contributed by atoms with Gasteiger partial charge in [0.15, 0.2) is 0 Å². The van der Waals surface area contributed by atoms with E-state index in [0.29, 0.717) is 28.5 Å². The third-order valence-corrected chi connectivity index (χ3v) is 3.27. The number of primary amides is 1. The molecule has 10 nitrogen and oxygen atoms in total. The van der Waals surface area contributed by atoms with Gasteiger partial charge in [0.05, 0.1) is 30.4 Å². The van der Waals surface area contributed by atoms with Crippen LogP contribution in [0, 0.1) is 0 Å². The predicted molar refractivity (Wildman–Crippen MR) is 88.0 cm³/mol. The number of rotatable bonds is 3. The van der Waals surface area contributed by atoms with Gasteiger partial charge in [0.1, 0.15) is 12.1 Å². The fourth-order valence-electron chi connectivity index (χ4n) is 2.21. The maximum absolute atomic E-state index is 12.5. The smallest absolute Gasteiger partial charge is 0.331 e. The highest BCUT2D eigenvalue weighted by atomic mass is 16.5. The van der Waals surface area contributed by atoms with E-state index in [2.05, 4.69) is 26.5 Å². The van der Waals surface area contributed by atoms with E-state index in [4.69, 9.17) is 10.5 Å². The van der Waals surface area contributed by atoms with Crippen molar-refractivity contribution in [3.8, 4) is 5.75 Å². The molecule has 0 fully saturated rings. The van der Waals surface area contributed by atoms with Gasteiger partial charge in [0.2, 0.25) is 0 Å². The number of anilines is 2. The lowest BCUT2D eigenvalue weighted by molar-refractivity contribution is 0.241. The molecule has 3 rings (SSSR count). The number of amides is 4. The Morgan fingerprint density at radius 1 is 1.33 bits per heavy atom. The quantitative estimate of drug-likeness (QED) is 0.561. The van der Waals surface area contributed by atoms with Crippen molar-refractivity contribution in [3.63, 3.8) is 0 Å². The molecule has 4 amide bonds. The van der Waals surface area contributed by atoms with Crippen LogP contribution in [0.3, 0.4) is 0 Å². The van der Waals surface area contributed by atoms with Crippen molar-refractivity contribution in [2.24, 2.45) is 10.7 Å². The molecule has 124 valence electrons. The van der Waals surface area contributed by atoms with Gasteiger partial charge in [-0.2, -0.15) is 0 Å². The maximum atomic E-state index is 12.5. The molecule has 2 heterocycles. The number of aliphatic imine (C=N–C) groups is 1. The van der Waals surface area contributed by atoms with Crippen molar-refractivity contribution >= 4 is 29.8 Å². The van der Waals surface area contributed by atoms with E-state index in [-0.39, 0.29) is 0 Å². The van der Waals surface area contributed by atoms with Crippen molar-refractivity contribution in [3.05, 3.63) is 42.0 Å². The van der Waals surface area contributed by atoms with Crippen LogP contribution < -0.4 is 32.0 Å². The van der Waals surface area contributed by atoms with E-state index in [1.54, 1.807) is 30.6 Å². The standard InChI is InChI=1S/C14H15N7O3/c1-24-12-4-8(18-13(15)22)2-3-9(12)19-14(23)21-7-16-5-10-11(21)6-17-20-10/h2-7,17,20H,1H3,(H,19,23)(H3,15,18,22). The summed E-state index contributed by atoms with van der Waals surface area (Å²) in [6, 6.07) is 3.63. The first kappa shape index (κ1) is 15.2. The van der Waals surface area contributed by atoms with Gasteiger partial charge in [-0.1, -0.05) is 0 Å². The second-order valence-corrected chi connectivity index (χ2v) is 4.81. The molecular formula is C14H15N7O3. The first-order chi connectivity index (χ1) is 11.6. The Morgan fingerprint density at radius 2 is 2.17 bits per heavy atom. The first-order valence-corrected chi connectivity index (χ1v) is 6.89. The van der Waals surface area contributed by atoms with E-state index in [1.165, 1.54) is 18.3 Å². The summed E-state index contributed by atoms with van der Waals surface area (Å²) in [5, 5.41) is 5.16. The van der Waals surface area contributed by atoms with Gasteiger partial charge in [-0.05, 0) is 12.1 Å². The average molecular weight is 329 g/mol. The maximum Gasteiger partial charge on any atom is 0.331 e. The van der Waals surface area contributed by atoms with Crippen molar-refractivity contribution < 1.29 is 14.3 Å². The number of carbonyl (C=O) groups is 2. The van der Waals surface area contributed by atoms with Gasteiger partial charge in [-0.15, -0.1) is 0 Å². The number of hydrogen-bond acceptors (Lipinski definition) is 6. The molecule has 0 spiro atoms. The molecule has 1 aromatic carbocycles. The summed E-state index contributed by atoms with van der Waals surface area (Å²) in [6.45, 7) is 0. The van der Waals surface area contributed by atoms with Gasteiger partial charge in [0, 0.05) is 18.0 Å². The molecule has 0 aliphatic carbocycles. The highest BCUT2D eigenvalue weighted by Crippen LogP contribution is 2.29. The zero-order chi connectivity index (χ0) is 17.1. The molecule has 24 heavy (non-hydrogen) atoms. The molecule has 2 aliphatic heterocycles. The summed E-state index contributed by atoms with van der Waals surface area (Å²) in [5.41, 5.74) is 12.9. The second-order valence-electron chi connectivity index (χ2n) is 4.81. The highest BCUT2D eigenvalue weighted by molar-refractivity contribution is 6.00. The minimum absolute atomic E-state index is 0.371. The van der Waals surface area contributed by atoms with Crippen LogP contribution in [0.25, 0.3) is 0 Å². The fourth-order valence-corrected chi connectivity index (χ4v) is 2.21. The monoisotopic (exact) mass is 329 g/mol. The van der Waals surface area contributed by atoms with Crippen molar-refractivity contribution in [1.82, 2.24) is 15.8 Å². The van der Waals surface area contributed by atoms with E-state index in [9.17, 15) is 9.59 Å². The van der Waals surface area contributed by atoms with Crippen LogP contribution in [-0.4, -0.2) is 30.4 Å². The molecule has 0 aromatic heterocycles. The van der Waals surface area contributed by atoms with Gasteiger partial charge >= 0.3 is 12.1 Å². The highest BCUT2D eigenvalue weighted by Gasteiger charge is 2.25. The molecule has 0 radical (unpaired) electrons. The van der Waals surface area contributed by atoms with E-state index < -0.39 is 12.1 Å². The number of urea groups is 2. The summed E-state index contributed by atoms with van der Waals surface area (Å²) < 4.78 is 5.23. The Hall–Kier alpha value is -3.69. The zero-order valence-corrected chi connectivity index (χ0v) is 12.7. The van der Waals surface area contributed by atoms with Crippen LogP contribution in [0.5, 0.6) is 5.75 Å². The number of fused-ring (bicyclic) bond motifs is 1. The molecule has 2 aliphatic rings. The number of methoxy groups -OCH3 is 1. The Bertz CT molecular complexity index is 785. The number of hydrazine groups is 1. The molecule has 0 atom stereocenters. The molecular weight excluding hydrogens is 314 g/mol. The molecule has 0 unspecified atom stereocenters.